The van der Waals surface area contributed by atoms with E-state index in [9.17, 15) is 24.3 Å². The highest BCUT2D eigenvalue weighted by Gasteiger charge is 2.17. The van der Waals surface area contributed by atoms with Gasteiger partial charge in [-0.1, -0.05) is 0 Å². The number of carbonyl (C=O) groups is 4. The summed E-state index contributed by atoms with van der Waals surface area (Å²) in [5.74, 6) is -1.74. The van der Waals surface area contributed by atoms with E-state index >= 15 is 0 Å². The van der Waals surface area contributed by atoms with Crippen molar-refractivity contribution < 1.29 is 34.1 Å². The molecule has 18 heteroatoms. The van der Waals surface area contributed by atoms with E-state index in [-0.39, 0.29) is 76.3 Å². The minimum Gasteiger partial charge on any atom is -0.480 e. The maximum absolute atomic E-state index is 12.4. The SMILES string of the molecule is COOCN(CCN(CCN(CC=O)CC(=O)NCCCCNC(=N)N)CC(=O)O)CC(=O)NCCCCNC(=N)N. The van der Waals surface area contributed by atoms with E-state index < -0.39 is 5.97 Å². The molecule has 11 N–H and O–H groups in total. The molecule has 0 saturated heterocycles. The summed E-state index contributed by atoms with van der Waals surface area (Å²) in [6.45, 7) is 2.75. The highest BCUT2D eigenvalue weighted by atomic mass is 17.2. The van der Waals surface area contributed by atoms with Gasteiger partial charge in [0, 0.05) is 52.4 Å². The van der Waals surface area contributed by atoms with Crippen molar-refractivity contribution in [3.63, 3.8) is 0 Å². The molecule has 0 aromatic rings. The third-order valence-electron chi connectivity index (χ3n) is 5.73. The van der Waals surface area contributed by atoms with Crippen LogP contribution in [0.25, 0.3) is 0 Å². The van der Waals surface area contributed by atoms with Gasteiger partial charge in [-0.15, -0.1) is 0 Å². The van der Waals surface area contributed by atoms with Crippen LogP contribution in [0.5, 0.6) is 0 Å². The quantitative estimate of drug-likeness (QED) is 0.00838. The Hall–Kier alpha value is -3.58. The van der Waals surface area contributed by atoms with Crippen molar-refractivity contribution in [2.75, 3.05) is 92.4 Å². The Kier molecular flexibility index (Phi) is 23.0. The summed E-state index contributed by atoms with van der Waals surface area (Å²) in [6, 6.07) is 0. The van der Waals surface area contributed by atoms with E-state index in [0.717, 1.165) is 12.8 Å². The first-order valence-electron chi connectivity index (χ1n) is 13.7. The first-order valence-corrected chi connectivity index (χ1v) is 13.7. The minimum atomic E-state index is -1.04. The Morgan fingerprint density at radius 1 is 0.738 bits per heavy atom. The number of carboxylic acids is 1. The van der Waals surface area contributed by atoms with Crippen LogP contribution in [0.1, 0.15) is 25.7 Å². The van der Waals surface area contributed by atoms with Crippen molar-refractivity contribution in [2.24, 2.45) is 11.5 Å². The fourth-order valence-corrected chi connectivity index (χ4v) is 3.60. The van der Waals surface area contributed by atoms with Gasteiger partial charge in [-0.2, -0.15) is 0 Å². The Bertz CT molecular complexity index is 820. The smallest absolute Gasteiger partial charge is 0.317 e. The summed E-state index contributed by atoms with van der Waals surface area (Å²) < 4.78 is 0. The van der Waals surface area contributed by atoms with Gasteiger partial charge in [-0.3, -0.25) is 39.9 Å². The predicted octanol–water partition coefficient (Wildman–Crippen LogP) is -3.53. The average Bonchev–Trinajstić information content (AvgIpc) is 2.91. The Balaban J connectivity index is 4.74. The molecule has 0 aliphatic heterocycles. The molecule has 0 radical (unpaired) electrons. The molecule has 0 bridgehead atoms. The summed E-state index contributed by atoms with van der Waals surface area (Å²) in [5, 5.41) is 34.6. The maximum atomic E-state index is 12.4. The summed E-state index contributed by atoms with van der Waals surface area (Å²) in [7, 11) is 1.34. The highest BCUT2D eigenvalue weighted by Crippen LogP contribution is 1.98. The molecule has 0 aliphatic carbocycles. The molecule has 0 rings (SSSR count). The lowest BCUT2D eigenvalue weighted by atomic mass is 10.3. The predicted molar refractivity (Wildman–Crippen MR) is 155 cm³/mol. The van der Waals surface area contributed by atoms with Gasteiger partial charge in [0.05, 0.1) is 33.3 Å². The second kappa shape index (κ2) is 25.2. The molecule has 0 atom stereocenters. The zero-order chi connectivity index (χ0) is 31.6. The number of amides is 2. The van der Waals surface area contributed by atoms with E-state index in [1.54, 1.807) is 14.7 Å². The van der Waals surface area contributed by atoms with E-state index in [1.165, 1.54) is 7.11 Å². The fraction of sp³-hybridized carbons (Fsp3) is 0.750. The summed E-state index contributed by atoms with van der Waals surface area (Å²) in [6.07, 6.45) is 3.51. The van der Waals surface area contributed by atoms with Gasteiger partial charge in [0.2, 0.25) is 11.8 Å². The summed E-state index contributed by atoms with van der Waals surface area (Å²) >= 11 is 0. The molecule has 0 saturated carbocycles. The third-order valence-corrected chi connectivity index (χ3v) is 5.73. The zero-order valence-electron chi connectivity index (χ0n) is 24.5. The molecular weight excluding hydrogens is 554 g/mol. The van der Waals surface area contributed by atoms with Gasteiger partial charge in [-0.25, -0.2) is 9.78 Å². The van der Waals surface area contributed by atoms with Crippen LogP contribution in [0.3, 0.4) is 0 Å². The molecular formula is C24H49N11O7. The van der Waals surface area contributed by atoms with E-state index in [0.29, 0.717) is 51.9 Å². The van der Waals surface area contributed by atoms with Gasteiger partial charge in [0.15, 0.2) is 11.9 Å². The van der Waals surface area contributed by atoms with Crippen molar-refractivity contribution in [1.82, 2.24) is 36.0 Å². The molecule has 242 valence electrons. The lowest BCUT2D eigenvalue weighted by molar-refractivity contribution is -0.295. The molecule has 0 unspecified atom stereocenters. The van der Waals surface area contributed by atoms with Crippen LogP contribution in [0, 0.1) is 10.8 Å². The van der Waals surface area contributed by atoms with Crippen molar-refractivity contribution in [2.45, 2.75) is 25.7 Å². The van der Waals surface area contributed by atoms with Crippen LogP contribution in [-0.2, 0) is 29.0 Å². The number of aliphatic carboxylic acids is 1. The topological polar surface area (TPSA) is 265 Å². The number of hydrogen-bond donors (Lipinski definition) is 9. The number of guanidine groups is 2. The minimum absolute atomic E-state index is 0.00177. The normalized spacial score (nSPS) is 11.0. The second-order valence-corrected chi connectivity index (χ2v) is 9.33. The fourth-order valence-electron chi connectivity index (χ4n) is 3.60. The van der Waals surface area contributed by atoms with E-state index in [1.807, 2.05) is 0 Å². The van der Waals surface area contributed by atoms with Crippen LogP contribution in [0.4, 0.5) is 0 Å². The van der Waals surface area contributed by atoms with Crippen molar-refractivity contribution in [3.8, 4) is 0 Å². The molecule has 0 spiro atoms. The molecule has 2 amide bonds. The Labute approximate surface area is 246 Å². The monoisotopic (exact) mass is 603 g/mol. The first-order chi connectivity index (χ1) is 20.1. The number of carbonyl (C=O) groups excluding carboxylic acids is 3. The van der Waals surface area contributed by atoms with Gasteiger partial charge < -0.3 is 42.6 Å². The number of nitrogens with two attached hydrogens (primary N) is 2. The van der Waals surface area contributed by atoms with E-state index in [2.05, 4.69) is 26.2 Å². The Morgan fingerprint density at radius 3 is 1.60 bits per heavy atom. The Morgan fingerprint density at radius 2 is 1.17 bits per heavy atom. The van der Waals surface area contributed by atoms with Gasteiger partial charge in [-0.05, 0) is 25.7 Å². The first kappa shape index (κ1) is 38.4. The van der Waals surface area contributed by atoms with Gasteiger partial charge >= 0.3 is 5.97 Å². The number of rotatable bonds is 27. The lowest BCUT2D eigenvalue weighted by Crippen LogP contribution is -2.46. The molecule has 18 nitrogen and oxygen atoms in total. The zero-order valence-corrected chi connectivity index (χ0v) is 24.5. The van der Waals surface area contributed by atoms with Crippen LogP contribution in [0.2, 0.25) is 0 Å². The van der Waals surface area contributed by atoms with Gasteiger partial charge in [0.25, 0.3) is 0 Å². The standard InChI is InChI=1S/C24H49N11O7/c1-41-42-19-35(17-21(38)30-7-3-5-9-32-24(27)28)13-12-33(18-22(39)40)10-11-34(14-15-36)16-20(37)29-6-2-4-8-31-23(25)26/h15H,2-14,16-19H2,1H3,(H,29,37)(H,30,38)(H,39,40)(H4,25,26,31)(H4,27,28,32). The molecule has 0 aromatic carbocycles. The van der Waals surface area contributed by atoms with Crippen molar-refractivity contribution >= 4 is 36.0 Å². The number of aldehydes is 1. The third kappa shape index (κ3) is 24.2. The van der Waals surface area contributed by atoms with Crippen LogP contribution < -0.4 is 32.7 Å². The molecule has 0 aliphatic rings. The second-order valence-electron chi connectivity index (χ2n) is 9.33. The number of nitrogens with one attached hydrogen (secondary N) is 6. The molecule has 0 heterocycles. The maximum Gasteiger partial charge on any atom is 0.317 e. The van der Waals surface area contributed by atoms with Crippen molar-refractivity contribution in [1.29, 1.82) is 10.8 Å². The summed E-state index contributed by atoms with van der Waals surface area (Å²) in [4.78, 5) is 62.0. The number of unbranched alkanes of at least 4 members (excludes halogenated alkanes) is 2. The molecule has 0 aromatic heterocycles. The van der Waals surface area contributed by atoms with Crippen molar-refractivity contribution in [3.05, 3.63) is 0 Å². The highest BCUT2D eigenvalue weighted by molar-refractivity contribution is 5.78. The summed E-state index contributed by atoms with van der Waals surface area (Å²) in [5.41, 5.74) is 10.4. The van der Waals surface area contributed by atoms with Crippen LogP contribution in [-0.4, -0.2) is 148 Å². The number of hydrogen-bond acceptors (Lipinski definition) is 11. The van der Waals surface area contributed by atoms with Gasteiger partial charge in [0.1, 0.15) is 13.0 Å². The number of nitrogens with zero attached hydrogens (tertiary/aromatic N) is 3. The van der Waals surface area contributed by atoms with E-state index in [4.69, 9.17) is 27.2 Å². The largest absolute Gasteiger partial charge is 0.480 e. The molecule has 42 heavy (non-hydrogen) atoms. The number of carboxylic acid groups (broad SMARTS) is 1. The molecule has 0 fully saturated rings. The lowest BCUT2D eigenvalue weighted by Gasteiger charge is -2.28. The average molecular weight is 604 g/mol. The van der Waals surface area contributed by atoms with Crippen LogP contribution in [0.15, 0.2) is 0 Å². The van der Waals surface area contributed by atoms with Crippen LogP contribution >= 0.6 is 0 Å².